The fraction of sp³-hybridized carbons (Fsp3) is 0.143. The Bertz CT molecular complexity index is 847. The van der Waals surface area contributed by atoms with Crippen LogP contribution < -0.4 is 10.5 Å². The van der Waals surface area contributed by atoms with Crippen molar-refractivity contribution in [3.8, 4) is 11.6 Å². The van der Waals surface area contributed by atoms with Gasteiger partial charge in [-0.1, -0.05) is 0 Å². The van der Waals surface area contributed by atoms with Gasteiger partial charge in [-0.15, -0.1) is 0 Å². The molecule has 0 aliphatic heterocycles. The van der Waals surface area contributed by atoms with Crippen molar-refractivity contribution in [2.75, 3.05) is 12.8 Å². The summed E-state index contributed by atoms with van der Waals surface area (Å²) in [7, 11) is 1.53. The molecule has 0 radical (unpaired) electrons. The Morgan fingerprint density at radius 3 is 2.76 bits per heavy atom. The molecule has 2 N–H and O–H groups in total. The number of hydrogen-bond donors (Lipinski definition) is 1. The van der Waals surface area contributed by atoms with E-state index in [1.165, 1.54) is 13.2 Å². The molecule has 108 valence electrons. The van der Waals surface area contributed by atoms with Crippen LogP contribution in [0, 0.1) is 12.7 Å². The quantitative estimate of drug-likeness (QED) is 0.770. The lowest BCUT2D eigenvalue weighted by atomic mass is 10.2. The normalized spacial score (nSPS) is 11.0. The summed E-state index contributed by atoms with van der Waals surface area (Å²) in [6, 6.07) is 6.56. The molecule has 0 bridgehead atoms. The summed E-state index contributed by atoms with van der Waals surface area (Å²) < 4.78 is 21.0. The molecule has 2 aromatic heterocycles. The number of aryl methyl sites for hydroxylation is 1. The first kappa shape index (κ1) is 13.8. The lowest BCUT2D eigenvalue weighted by Crippen LogP contribution is -2.04. The second-order valence-corrected chi connectivity index (χ2v) is 5.41. The first-order valence-electron chi connectivity index (χ1n) is 6.16. The molecule has 2 heterocycles. The van der Waals surface area contributed by atoms with Gasteiger partial charge in [0.1, 0.15) is 11.3 Å². The van der Waals surface area contributed by atoms with Crippen LogP contribution >= 0.6 is 15.9 Å². The number of nitrogens with two attached hydrogens (primary N) is 1. The van der Waals surface area contributed by atoms with E-state index in [9.17, 15) is 4.39 Å². The van der Waals surface area contributed by atoms with Gasteiger partial charge in [-0.05, 0) is 46.6 Å². The van der Waals surface area contributed by atoms with Crippen LogP contribution in [-0.2, 0) is 0 Å². The number of nitrogen functional groups attached to an aromatic ring is 1. The zero-order valence-corrected chi connectivity index (χ0v) is 13.0. The van der Waals surface area contributed by atoms with Crippen molar-refractivity contribution < 1.29 is 9.13 Å². The number of fused-ring (bicyclic) bond motifs is 1. The second kappa shape index (κ2) is 5.00. The van der Waals surface area contributed by atoms with E-state index in [0.717, 1.165) is 5.56 Å². The Balaban J connectivity index is 2.34. The van der Waals surface area contributed by atoms with Gasteiger partial charge in [0.25, 0.3) is 0 Å². The largest absolute Gasteiger partial charge is 0.481 e. The van der Waals surface area contributed by atoms with Gasteiger partial charge in [0, 0.05) is 6.07 Å². The Labute approximate surface area is 128 Å². The van der Waals surface area contributed by atoms with Crippen LogP contribution in [0.25, 0.3) is 16.9 Å². The molecule has 0 saturated carbocycles. The molecule has 0 unspecified atom stereocenters. The lowest BCUT2D eigenvalue weighted by Gasteiger charge is -2.11. The van der Waals surface area contributed by atoms with E-state index < -0.39 is 0 Å². The highest BCUT2D eigenvalue weighted by Gasteiger charge is 2.16. The number of hydrogen-bond acceptors (Lipinski definition) is 4. The van der Waals surface area contributed by atoms with Crippen LogP contribution in [-0.4, -0.2) is 21.6 Å². The van der Waals surface area contributed by atoms with Gasteiger partial charge in [-0.3, -0.25) is 4.57 Å². The van der Waals surface area contributed by atoms with Crippen molar-refractivity contribution in [2.45, 2.75) is 6.92 Å². The summed E-state index contributed by atoms with van der Waals surface area (Å²) in [5.74, 6) is 0.314. The predicted molar refractivity (Wildman–Crippen MR) is 82.2 cm³/mol. The molecule has 0 atom stereocenters. The van der Waals surface area contributed by atoms with E-state index in [2.05, 4.69) is 25.9 Å². The fourth-order valence-electron chi connectivity index (χ4n) is 2.19. The number of imidazole rings is 1. The van der Waals surface area contributed by atoms with E-state index in [1.807, 2.05) is 6.92 Å². The fourth-order valence-corrected chi connectivity index (χ4v) is 2.64. The van der Waals surface area contributed by atoms with Crippen LogP contribution in [0.3, 0.4) is 0 Å². The molecule has 0 aliphatic carbocycles. The number of methoxy groups -OCH3 is 1. The molecule has 5 nitrogen and oxygen atoms in total. The van der Waals surface area contributed by atoms with Gasteiger partial charge >= 0.3 is 0 Å². The van der Waals surface area contributed by atoms with Crippen LogP contribution in [0.1, 0.15) is 5.56 Å². The summed E-state index contributed by atoms with van der Waals surface area (Å²) in [6.07, 6.45) is 0. The maximum Gasteiger partial charge on any atom is 0.215 e. The van der Waals surface area contributed by atoms with E-state index >= 15 is 0 Å². The number of rotatable bonds is 2. The Morgan fingerprint density at radius 2 is 2.05 bits per heavy atom. The van der Waals surface area contributed by atoms with Crippen molar-refractivity contribution in [2.24, 2.45) is 0 Å². The minimum absolute atomic E-state index is 0.246. The van der Waals surface area contributed by atoms with E-state index in [-0.39, 0.29) is 11.8 Å². The van der Waals surface area contributed by atoms with Gasteiger partial charge < -0.3 is 10.5 Å². The summed E-state index contributed by atoms with van der Waals surface area (Å²) in [6.45, 7) is 1.87. The summed E-state index contributed by atoms with van der Waals surface area (Å²) >= 11 is 3.17. The first-order valence-corrected chi connectivity index (χ1v) is 6.95. The Kier molecular flexibility index (Phi) is 3.29. The number of anilines is 1. The molecular formula is C14H12BrFN4O. The smallest absolute Gasteiger partial charge is 0.215 e. The zero-order valence-electron chi connectivity index (χ0n) is 11.4. The molecule has 0 fully saturated rings. The van der Waals surface area contributed by atoms with E-state index in [4.69, 9.17) is 10.5 Å². The van der Waals surface area contributed by atoms with Gasteiger partial charge in [0.2, 0.25) is 11.8 Å². The number of benzene rings is 1. The van der Waals surface area contributed by atoms with Crippen molar-refractivity contribution in [3.63, 3.8) is 0 Å². The number of ether oxygens (including phenoxy) is 1. The first-order chi connectivity index (χ1) is 10.0. The molecule has 7 heteroatoms. The highest BCUT2D eigenvalue weighted by Crippen LogP contribution is 2.28. The third-order valence-electron chi connectivity index (χ3n) is 3.19. The number of halogens is 2. The van der Waals surface area contributed by atoms with Crippen molar-refractivity contribution in [1.82, 2.24) is 14.5 Å². The molecular weight excluding hydrogens is 339 g/mol. The third kappa shape index (κ3) is 2.23. The summed E-state index contributed by atoms with van der Waals surface area (Å²) in [4.78, 5) is 8.59. The molecule has 0 amide bonds. The highest BCUT2D eigenvalue weighted by molar-refractivity contribution is 9.10. The Hall–Kier alpha value is -2.15. The Morgan fingerprint density at radius 1 is 1.29 bits per heavy atom. The standard InChI is InChI=1S/C14H12BrFN4O/c1-7-5-8(15)9(16)6-11(7)20-13-10(18-14(20)17)3-4-12(19-13)21-2/h3-6H,1-2H3,(H2,17,18). The van der Waals surface area contributed by atoms with E-state index in [1.54, 1.807) is 22.8 Å². The van der Waals surface area contributed by atoms with Gasteiger partial charge in [-0.25, -0.2) is 9.37 Å². The number of aromatic nitrogens is 3. The van der Waals surface area contributed by atoms with Gasteiger partial charge in [0.15, 0.2) is 5.65 Å². The zero-order chi connectivity index (χ0) is 15.1. The molecule has 0 aliphatic rings. The average Bonchev–Trinajstić information content (AvgIpc) is 2.78. The van der Waals surface area contributed by atoms with Crippen LogP contribution in [0.5, 0.6) is 5.88 Å². The van der Waals surface area contributed by atoms with Crippen LogP contribution in [0.15, 0.2) is 28.7 Å². The van der Waals surface area contributed by atoms with Crippen LogP contribution in [0.2, 0.25) is 0 Å². The van der Waals surface area contributed by atoms with Crippen molar-refractivity contribution in [1.29, 1.82) is 0 Å². The van der Waals surface area contributed by atoms with E-state index in [0.29, 0.717) is 27.2 Å². The SMILES string of the molecule is COc1ccc2nc(N)n(-c3cc(F)c(Br)cc3C)c2n1. The third-order valence-corrected chi connectivity index (χ3v) is 3.80. The predicted octanol–water partition coefficient (Wildman–Crippen LogP) is 3.22. The maximum absolute atomic E-state index is 13.9. The highest BCUT2D eigenvalue weighted by atomic mass is 79.9. The van der Waals surface area contributed by atoms with Gasteiger partial charge in [-0.2, -0.15) is 4.98 Å². The maximum atomic E-state index is 13.9. The molecule has 0 saturated heterocycles. The topological polar surface area (TPSA) is 66.0 Å². The minimum atomic E-state index is -0.375. The van der Waals surface area contributed by atoms with Crippen molar-refractivity contribution >= 4 is 33.0 Å². The molecule has 21 heavy (non-hydrogen) atoms. The molecule has 1 aromatic carbocycles. The monoisotopic (exact) mass is 350 g/mol. The minimum Gasteiger partial charge on any atom is -0.481 e. The van der Waals surface area contributed by atoms with Crippen LogP contribution in [0.4, 0.5) is 10.3 Å². The molecule has 3 rings (SSSR count). The van der Waals surface area contributed by atoms with Crippen molar-refractivity contribution in [3.05, 3.63) is 40.1 Å². The number of nitrogens with zero attached hydrogens (tertiary/aromatic N) is 3. The second-order valence-electron chi connectivity index (χ2n) is 4.55. The molecule has 3 aromatic rings. The summed E-state index contributed by atoms with van der Waals surface area (Å²) in [5.41, 5.74) is 8.56. The summed E-state index contributed by atoms with van der Waals surface area (Å²) in [5, 5.41) is 0. The molecule has 0 spiro atoms. The lowest BCUT2D eigenvalue weighted by molar-refractivity contribution is 0.399. The van der Waals surface area contributed by atoms with Gasteiger partial charge in [0.05, 0.1) is 17.3 Å². The average molecular weight is 351 g/mol. The number of pyridine rings is 1.